The first-order chi connectivity index (χ1) is 16.6. The number of nitrogens with zero attached hydrogens (tertiary/aromatic N) is 3. The number of rotatable bonds is 5. The molecule has 0 atom stereocenters. The van der Waals surface area contributed by atoms with Crippen molar-refractivity contribution in [1.82, 2.24) is 14.8 Å². The van der Waals surface area contributed by atoms with Crippen LogP contribution < -0.4 is 10.6 Å². The van der Waals surface area contributed by atoms with Gasteiger partial charge in [0.15, 0.2) is 5.69 Å². The number of halogens is 4. The minimum atomic E-state index is -4.77. The summed E-state index contributed by atoms with van der Waals surface area (Å²) in [7, 11) is 1.60. The number of hydrogen-bond donors (Lipinski definition) is 2. The molecule has 11 heteroatoms. The van der Waals surface area contributed by atoms with Crippen molar-refractivity contribution < 1.29 is 27.2 Å². The zero-order chi connectivity index (χ0) is 25.2. The molecule has 2 aromatic carbocycles. The SMILES string of the molecule is Cn1nc(-c2ccc(NC(=O)c3cccnc3C(F)(F)F)cc2)cc1NC(=O)c1ccccc1F. The third-order valence-electron chi connectivity index (χ3n) is 5.00. The normalized spacial score (nSPS) is 11.2. The molecule has 2 heterocycles. The molecule has 2 aromatic heterocycles. The topological polar surface area (TPSA) is 88.9 Å². The first-order valence-corrected chi connectivity index (χ1v) is 10.2. The second kappa shape index (κ2) is 9.37. The molecule has 0 aliphatic heterocycles. The second-order valence-electron chi connectivity index (χ2n) is 7.40. The Hall–Kier alpha value is -4.54. The molecule has 0 aliphatic rings. The van der Waals surface area contributed by atoms with Crippen LogP contribution in [0.4, 0.5) is 29.1 Å². The van der Waals surface area contributed by atoms with E-state index in [9.17, 15) is 27.2 Å². The number of alkyl halides is 3. The lowest BCUT2D eigenvalue weighted by Crippen LogP contribution is -2.20. The lowest BCUT2D eigenvalue weighted by atomic mass is 10.1. The second-order valence-corrected chi connectivity index (χ2v) is 7.40. The predicted octanol–water partition coefficient (Wildman–Crippen LogP) is 5.14. The molecule has 2 amide bonds. The van der Waals surface area contributed by atoms with Crippen molar-refractivity contribution in [3.8, 4) is 11.3 Å². The molecule has 4 rings (SSSR count). The molecule has 0 aliphatic carbocycles. The number of benzene rings is 2. The standard InChI is InChI=1S/C24H17F4N5O2/c1-33-20(31-22(34)16-5-2-3-7-18(16)25)13-19(32-33)14-8-10-15(11-9-14)30-23(35)17-6-4-12-29-21(17)24(26,27)28/h2-13H,1H3,(H,30,35)(H,31,34). The van der Waals surface area contributed by atoms with E-state index in [1.54, 1.807) is 31.3 Å². The van der Waals surface area contributed by atoms with Crippen LogP contribution in [0, 0.1) is 5.82 Å². The van der Waals surface area contributed by atoms with E-state index >= 15 is 0 Å². The van der Waals surface area contributed by atoms with Gasteiger partial charge in [0, 0.05) is 30.6 Å². The average molecular weight is 483 g/mol. The highest BCUT2D eigenvalue weighted by Crippen LogP contribution is 2.30. The van der Waals surface area contributed by atoms with Crippen LogP contribution in [0.25, 0.3) is 11.3 Å². The van der Waals surface area contributed by atoms with Crippen molar-refractivity contribution in [2.75, 3.05) is 10.6 Å². The van der Waals surface area contributed by atoms with Gasteiger partial charge < -0.3 is 10.6 Å². The van der Waals surface area contributed by atoms with Gasteiger partial charge in [0.25, 0.3) is 11.8 Å². The van der Waals surface area contributed by atoms with Crippen molar-refractivity contribution in [3.63, 3.8) is 0 Å². The summed E-state index contributed by atoms with van der Waals surface area (Å²) in [5, 5.41) is 9.33. The third kappa shape index (κ3) is 5.18. The third-order valence-corrected chi connectivity index (χ3v) is 5.00. The Morgan fingerprint density at radius 1 is 0.886 bits per heavy atom. The average Bonchev–Trinajstić information content (AvgIpc) is 3.19. The maximum atomic E-state index is 13.9. The van der Waals surface area contributed by atoms with Gasteiger partial charge in [-0.2, -0.15) is 18.3 Å². The minimum Gasteiger partial charge on any atom is -0.322 e. The van der Waals surface area contributed by atoms with Crippen LogP contribution in [0.5, 0.6) is 0 Å². The Balaban J connectivity index is 1.49. The molecular weight excluding hydrogens is 466 g/mol. The molecule has 178 valence electrons. The summed E-state index contributed by atoms with van der Waals surface area (Å²) in [4.78, 5) is 28.0. The van der Waals surface area contributed by atoms with E-state index in [1.165, 1.54) is 41.1 Å². The molecule has 35 heavy (non-hydrogen) atoms. The van der Waals surface area contributed by atoms with Crippen molar-refractivity contribution in [3.05, 3.63) is 95.6 Å². The number of hydrogen-bond acceptors (Lipinski definition) is 4. The molecule has 0 spiro atoms. The molecule has 0 radical (unpaired) electrons. The maximum Gasteiger partial charge on any atom is 0.434 e. The summed E-state index contributed by atoms with van der Waals surface area (Å²) < 4.78 is 54.6. The van der Waals surface area contributed by atoms with Gasteiger partial charge in [0.1, 0.15) is 11.6 Å². The maximum absolute atomic E-state index is 13.9. The molecule has 7 nitrogen and oxygen atoms in total. The van der Waals surface area contributed by atoms with Crippen molar-refractivity contribution in [1.29, 1.82) is 0 Å². The summed E-state index contributed by atoms with van der Waals surface area (Å²) in [6.45, 7) is 0. The van der Waals surface area contributed by atoms with E-state index in [0.29, 0.717) is 17.1 Å². The summed E-state index contributed by atoms with van der Waals surface area (Å²) in [5.41, 5.74) is -0.628. The van der Waals surface area contributed by atoms with Crippen LogP contribution in [0.15, 0.2) is 72.9 Å². The van der Waals surface area contributed by atoms with Gasteiger partial charge in [-0.3, -0.25) is 19.3 Å². The van der Waals surface area contributed by atoms with Gasteiger partial charge in [-0.15, -0.1) is 0 Å². The largest absolute Gasteiger partial charge is 0.434 e. The van der Waals surface area contributed by atoms with E-state index in [4.69, 9.17) is 0 Å². The summed E-state index contributed by atoms with van der Waals surface area (Å²) in [6.07, 6.45) is -3.80. The van der Waals surface area contributed by atoms with Crippen molar-refractivity contribution in [2.24, 2.45) is 7.05 Å². The number of aryl methyl sites for hydroxylation is 1. The van der Waals surface area contributed by atoms with Crippen molar-refractivity contribution >= 4 is 23.3 Å². The fourth-order valence-corrected chi connectivity index (χ4v) is 3.29. The van der Waals surface area contributed by atoms with E-state index in [1.807, 2.05) is 0 Å². The van der Waals surface area contributed by atoms with Gasteiger partial charge in [-0.25, -0.2) is 4.39 Å². The quantitative estimate of drug-likeness (QED) is 0.385. The molecule has 0 unspecified atom stereocenters. The zero-order valence-corrected chi connectivity index (χ0v) is 18.1. The Bertz CT molecular complexity index is 1400. The first-order valence-electron chi connectivity index (χ1n) is 10.2. The molecule has 2 N–H and O–H groups in total. The van der Waals surface area contributed by atoms with Crippen molar-refractivity contribution in [2.45, 2.75) is 6.18 Å². The van der Waals surface area contributed by atoms with Crippen LogP contribution in [-0.2, 0) is 13.2 Å². The van der Waals surface area contributed by atoms with Crippen LogP contribution in [0.3, 0.4) is 0 Å². The number of amides is 2. The highest BCUT2D eigenvalue weighted by Gasteiger charge is 2.36. The molecule has 4 aromatic rings. The van der Waals surface area contributed by atoms with Gasteiger partial charge in [0.2, 0.25) is 0 Å². The summed E-state index contributed by atoms with van der Waals surface area (Å²) in [5.74, 6) is -1.92. The zero-order valence-electron chi connectivity index (χ0n) is 18.1. The molecular formula is C24H17F4N5O2. The highest BCUT2D eigenvalue weighted by atomic mass is 19.4. The Morgan fingerprint density at radius 2 is 1.54 bits per heavy atom. The summed E-state index contributed by atoms with van der Waals surface area (Å²) >= 11 is 0. The smallest absolute Gasteiger partial charge is 0.322 e. The Morgan fingerprint density at radius 3 is 2.23 bits per heavy atom. The Kier molecular flexibility index (Phi) is 6.32. The number of nitrogens with one attached hydrogen (secondary N) is 2. The lowest BCUT2D eigenvalue weighted by Gasteiger charge is -2.11. The number of pyridine rings is 1. The number of aromatic nitrogens is 3. The molecule has 0 fully saturated rings. The monoisotopic (exact) mass is 483 g/mol. The van der Waals surface area contributed by atoms with Crippen LogP contribution in [0.2, 0.25) is 0 Å². The van der Waals surface area contributed by atoms with Gasteiger partial charge in [-0.05, 0) is 36.4 Å². The van der Waals surface area contributed by atoms with E-state index < -0.39 is 35.1 Å². The summed E-state index contributed by atoms with van der Waals surface area (Å²) in [6, 6.07) is 15.7. The number of anilines is 2. The van der Waals surface area contributed by atoms with Crippen LogP contribution in [-0.4, -0.2) is 26.6 Å². The van der Waals surface area contributed by atoms with E-state index in [-0.39, 0.29) is 11.3 Å². The van der Waals surface area contributed by atoms with E-state index in [0.717, 1.165) is 12.3 Å². The first kappa shape index (κ1) is 23.6. The van der Waals surface area contributed by atoms with Gasteiger partial charge >= 0.3 is 6.18 Å². The van der Waals surface area contributed by atoms with Crippen LogP contribution >= 0.6 is 0 Å². The molecule has 0 bridgehead atoms. The fraction of sp³-hybridized carbons (Fsp3) is 0.0833. The number of carbonyl (C=O) groups excluding carboxylic acids is 2. The van der Waals surface area contributed by atoms with E-state index in [2.05, 4.69) is 20.7 Å². The van der Waals surface area contributed by atoms with Crippen LogP contribution in [0.1, 0.15) is 26.4 Å². The van der Waals surface area contributed by atoms with Gasteiger partial charge in [-0.1, -0.05) is 24.3 Å². The Labute approximate surface area is 196 Å². The highest BCUT2D eigenvalue weighted by molar-refractivity contribution is 6.05. The molecule has 0 saturated carbocycles. The predicted molar refractivity (Wildman–Crippen MR) is 120 cm³/mol. The minimum absolute atomic E-state index is 0.113. The molecule has 0 saturated heterocycles. The van der Waals surface area contributed by atoms with Gasteiger partial charge in [0.05, 0.1) is 16.8 Å². The number of carbonyl (C=O) groups is 2. The lowest BCUT2D eigenvalue weighted by molar-refractivity contribution is -0.141. The fourth-order valence-electron chi connectivity index (χ4n) is 3.29.